The van der Waals surface area contributed by atoms with Crippen molar-refractivity contribution in [2.75, 3.05) is 54.5 Å². The summed E-state index contributed by atoms with van der Waals surface area (Å²) < 4.78 is 11.4. The van der Waals surface area contributed by atoms with Crippen LogP contribution in [0.3, 0.4) is 0 Å². The maximum absolute atomic E-state index is 10.5. The molecule has 178 valence electrons. The van der Waals surface area contributed by atoms with Gasteiger partial charge in [0.2, 0.25) is 0 Å². The molecule has 0 fully saturated rings. The lowest BCUT2D eigenvalue weighted by molar-refractivity contribution is 0.0732. The molecule has 1 atom stereocenters. The number of rotatable bonds is 14. The van der Waals surface area contributed by atoms with Crippen LogP contribution >= 0.6 is 0 Å². The monoisotopic (exact) mass is 443 g/mol. The van der Waals surface area contributed by atoms with Crippen molar-refractivity contribution < 1.29 is 14.6 Å². The highest BCUT2D eigenvalue weighted by Crippen LogP contribution is 2.28. The molecule has 0 radical (unpaired) electrons. The third kappa shape index (κ3) is 9.57. The van der Waals surface area contributed by atoms with Gasteiger partial charge in [0, 0.05) is 32.7 Å². The number of hydrogen-bond acceptors (Lipinski definition) is 6. The smallest absolute Gasteiger partial charge is 0.161 e. The molecule has 6 nitrogen and oxygen atoms in total. The Hall–Kier alpha value is -2.12. The van der Waals surface area contributed by atoms with Gasteiger partial charge in [-0.05, 0) is 49.8 Å². The molecule has 0 heterocycles. The molecule has 2 aromatic carbocycles. The first-order chi connectivity index (χ1) is 15.2. The number of methoxy groups -OCH3 is 1. The van der Waals surface area contributed by atoms with Crippen molar-refractivity contribution in [3.8, 4) is 11.5 Å². The molecule has 2 aromatic rings. The molecule has 6 heteroatoms. The molecule has 0 aliphatic heterocycles. The van der Waals surface area contributed by atoms with Crippen molar-refractivity contribution in [2.24, 2.45) is 5.41 Å². The molecule has 2 N–H and O–H groups in total. The Morgan fingerprint density at radius 1 is 1.00 bits per heavy atom. The zero-order valence-corrected chi connectivity index (χ0v) is 20.6. The highest BCUT2D eigenvalue weighted by atomic mass is 16.5. The van der Waals surface area contributed by atoms with E-state index in [1.807, 2.05) is 43.4 Å². The zero-order chi connectivity index (χ0) is 23.6. The van der Waals surface area contributed by atoms with Gasteiger partial charge in [-0.25, -0.2) is 0 Å². The first-order valence-corrected chi connectivity index (χ1v) is 11.2. The number of ether oxygens (including phenoxy) is 2. The lowest BCUT2D eigenvalue weighted by Gasteiger charge is -2.28. The van der Waals surface area contributed by atoms with Gasteiger partial charge in [-0.1, -0.05) is 50.2 Å². The van der Waals surface area contributed by atoms with E-state index in [0.717, 1.165) is 31.7 Å². The summed E-state index contributed by atoms with van der Waals surface area (Å²) in [6, 6.07) is 16.2. The Kier molecular flexibility index (Phi) is 10.5. The van der Waals surface area contributed by atoms with E-state index in [2.05, 4.69) is 55.2 Å². The summed E-state index contributed by atoms with van der Waals surface area (Å²) in [5, 5.41) is 14.0. The number of nitrogens with one attached hydrogen (secondary N) is 1. The van der Waals surface area contributed by atoms with E-state index in [0.29, 0.717) is 18.0 Å². The third-order valence-electron chi connectivity index (χ3n) is 5.15. The van der Waals surface area contributed by atoms with Crippen LogP contribution in [0.25, 0.3) is 0 Å². The fraction of sp³-hybridized carbons (Fsp3) is 0.538. The van der Waals surface area contributed by atoms with E-state index in [1.165, 1.54) is 5.56 Å². The van der Waals surface area contributed by atoms with E-state index in [1.54, 1.807) is 7.11 Å². The lowest BCUT2D eigenvalue weighted by Crippen LogP contribution is -2.37. The molecule has 0 aliphatic carbocycles. The van der Waals surface area contributed by atoms with E-state index < -0.39 is 6.10 Å². The van der Waals surface area contributed by atoms with Gasteiger partial charge in [-0.15, -0.1) is 0 Å². The first kappa shape index (κ1) is 26.1. The van der Waals surface area contributed by atoms with Crippen LogP contribution in [0.15, 0.2) is 48.5 Å². The minimum absolute atomic E-state index is 0.186. The molecule has 32 heavy (non-hydrogen) atoms. The van der Waals surface area contributed by atoms with Crippen molar-refractivity contribution >= 4 is 0 Å². The van der Waals surface area contributed by atoms with Crippen LogP contribution < -0.4 is 14.8 Å². The van der Waals surface area contributed by atoms with Gasteiger partial charge < -0.3 is 24.8 Å². The van der Waals surface area contributed by atoms with Gasteiger partial charge in [0.15, 0.2) is 11.5 Å². The van der Waals surface area contributed by atoms with Gasteiger partial charge in [-0.2, -0.15) is 0 Å². The van der Waals surface area contributed by atoms with Gasteiger partial charge in [-0.3, -0.25) is 4.90 Å². The van der Waals surface area contributed by atoms with Crippen molar-refractivity contribution in [2.45, 2.75) is 33.0 Å². The number of hydrogen-bond donors (Lipinski definition) is 2. The van der Waals surface area contributed by atoms with Crippen LogP contribution in [-0.2, 0) is 13.1 Å². The van der Waals surface area contributed by atoms with E-state index in [-0.39, 0.29) is 12.0 Å². The van der Waals surface area contributed by atoms with Crippen LogP contribution in [-0.4, -0.2) is 75.5 Å². The first-order valence-electron chi connectivity index (χ1n) is 11.2. The van der Waals surface area contributed by atoms with Gasteiger partial charge in [0.25, 0.3) is 0 Å². The summed E-state index contributed by atoms with van der Waals surface area (Å²) in [6.07, 6.45) is -0.595. The molecule has 0 aliphatic rings. The maximum atomic E-state index is 10.5. The fourth-order valence-corrected chi connectivity index (χ4v) is 3.96. The summed E-state index contributed by atoms with van der Waals surface area (Å²) in [4.78, 5) is 4.31. The maximum Gasteiger partial charge on any atom is 0.161 e. The van der Waals surface area contributed by atoms with Gasteiger partial charge >= 0.3 is 0 Å². The molecule has 0 saturated carbocycles. The minimum atomic E-state index is -0.595. The summed E-state index contributed by atoms with van der Waals surface area (Å²) in [7, 11) is 7.83. The van der Waals surface area contributed by atoms with Crippen LogP contribution in [0.4, 0.5) is 0 Å². The average Bonchev–Trinajstić information content (AvgIpc) is 2.72. The normalized spacial score (nSPS) is 12.9. The fourth-order valence-electron chi connectivity index (χ4n) is 3.96. The van der Waals surface area contributed by atoms with Crippen LogP contribution in [0.5, 0.6) is 11.5 Å². The lowest BCUT2D eigenvalue weighted by atomic mass is 9.93. The molecule has 2 rings (SSSR count). The average molecular weight is 444 g/mol. The summed E-state index contributed by atoms with van der Waals surface area (Å²) >= 11 is 0. The molecule has 0 amide bonds. The quantitative estimate of drug-likeness (QED) is 0.468. The predicted octanol–water partition coefficient (Wildman–Crippen LogP) is 3.24. The zero-order valence-electron chi connectivity index (χ0n) is 20.6. The van der Waals surface area contributed by atoms with Crippen LogP contribution in [0.2, 0.25) is 0 Å². The topological polar surface area (TPSA) is 57.2 Å². The van der Waals surface area contributed by atoms with Crippen LogP contribution in [0, 0.1) is 5.41 Å². The Balaban J connectivity index is 1.86. The number of nitrogens with zero attached hydrogens (tertiary/aromatic N) is 2. The Morgan fingerprint density at radius 3 is 2.38 bits per heavy atom. The summed E-state index contributed by atoms with van der Waals surface area (Å²) in [5.74, 6) is 1.33. The van der Waals surface area contributed by atoms with E-state index >= 15 is 0 Å². The molecule has 0 bridgehead atoms. The SMILES string of the molecule is COc1ccc(CNCC(C)(C)CN(C)C)cc1OCC(O)CN(C)Cc1ccccc1. The molecule has 0 aromatic heterocycles. The second-order valence-electron chi connectivity index (χ2n) is 9.64. The van der Waals surface area contributed by atoms with Crippen molar-refractivity contribution in [1.29, 1.82) is 0 Å². The molecule has 0 saturated heterocycles. The van der Waals surface area contributed by atoms with Crippen LogP contribution in [0.1, 0.15) is 25.0 Å². The van der Waals surface area contributed by atoms with E-state index in [9.17, 15) is 5.11 Å². The number of aliphatic hydroxyl groups is 1. The largest absolute Gasteiger partial charge is 0.493 e. The Morgan fingerprint density at radius 2 is 1.72 bits per heavy atom. The highest BCUT2D eigenvalue weighted by molar-refractivity contribution is 5.43. The minimum Gasteiger partial charge on any atom is -0.493 e. The Labute approximate surface area is 194 Å². The van der Waals surface area contributed by atoms with Gasteiger partial charge in [0.05, 0.1) is 7.11 Å². The Bertz CT molecular complexity index is 796. The van der Waals surface area contributed by atoms with Crippen molar-refractivity contribution in [3.63, 3.8) is 0 Å². The predicted molar refractivity (Wildman–Crippen MR) is 131 cm³/mol. The standard InChI is InChI=1S/C26H41N3O3/c1-26(2,20-28(3)4)19-27-15-22-12-13-24(31-6)25(14-22)32-18-23(30)17-29(5)16-21-10-8-7-9-11-21/h7-14,23,27,30H,15-20H2,1-6H3. The molecule has 0 spiro atoms. The number of aliphatic hydroxyl groups excluding tert-OH is 1. The highest BCUT2D eigenvalue weighted by Gasteiger charge is 2.18. The summed E-state index contributed by atoms with van der Waals surface area (Å²) in [5.41, 5.74) is 2.53. The number of likely N-dealkylation sites (N-methyl/N-ethyl adjacent to an activating group) is 1. The second kappa shape index (κ2) is 12.8. The molecular formula is C26H41N3O3. The van der Waals surface area contributed by atoms with E-state index in [4.69, 9.17) is 9.47 Å². The molecule has 1 unspecified atom stereocenters. The third-order valence-corrected chi connectivity index (χ3v) is 5.15. The summed E-state index contributed by atoms with van der Waals surface area (Å²) in [6.45, 7) is 8.73. The van der Waals surface area contributed by atoms with Gasteiger partial charge in [0.1, 0.15) is 12.7 Å². The van der Waals surface area contributed by atoms with Crippen molar-refractivity contribution in [1.82, 2.24) is 15.1 Å². The van der Waals surface area contributed by atoms with Crippen molar-refractivity contribution in [3.05, 3.63) is 59.7 Å². The number of benzene rings is 2. The molecular weight excluding hydrogens is 402 g/mol. The second-order valence-corrected chi connectivity index (χ2v) is 9.64.